The summed E-state index contributed by atoms with van der Waals surface area (Å²) in [5.41, 5.74) is -1.73. The van der Waals surface area contributed by atoms with Gasteiger partial charge in [-0.05, 0) is 6.07 Å². The van der Waals surface area contributed by atoms with Crippen LogP contribution in [-0.4, -0.2) is 24.1 Å². The summed E-state index contributed by atoms with van der Waals surface area (Å²) in [6, 6.07) is 2.47. The normalized spacial score (nSPS) is 16.2. The fourth-order valence-corrected chi connectivity index (χ4v) is 1.48. The van der Waals surface area contributed by atoms with Crippen molar-refractivity contribution in [2.24, 2.45) is 0 Å². The average molecular weight is 262 g/mol. The minimum absolute atomic E-state index is 0.326. The molecular formula is C10H9F3N2O3. The van der Waals surface area contributed by atoms with Gasteiger partial charge in [-0.15, -0.1) is 0 Å². The van der Waals surface area contributed by atoms with E-state index in [0.29, 0.717) is 19.2 Å². The van der Waals surface area contributed by atoms with E-state index in [2.05, 4.69) is 5.32 Å². The molecule has 0 saturated carbocycles. The van der Waals surface area contributed by atoms with E-state index in [9.17, 15) is 23.3 Å². The fourth-order valence-electron chi connectivity index (χ4n) is 1.48. The van der Waals surface area contributed by atoms with Crippen LogP contribution in [0.15, 0.2) is 18.2 Å². The zero-order valence-electron chi connectivity index (χ0n) is 9.03. The van der Waals surface area contributed by atoms with Gasteiger partial charge in [0, 0.05) is 25.2 Å². The molecule has 0 radical (unpaired) electrons. The molecule has 98 valence electrons. The van der Waals surface area contributed by atoms with E-state index in [1.54, 1.807) is 0 Å². The van der Waals surface area contributed by atoms with Crippen LogP contribution in [0.4, 0.5) is 18.9 Å². The first-order chi connectivity index (χ1) is 8.38. The van der Waals surface area contributed by atoms with Crippen LogP contribution in [0.3, 0.4) is 0 Å². The molecular weight excluding hydrogens is 253 g/mol. The summed E-state index contributed by atoms with van der Waals surface area (Å²) < 4.78 is 43.4. The Bertz CT molecular complexity index is 472. The first-order valence-corrected chi connectivity index (χ1v) is 5.11. The highest BCUT2D eigenvalue weighted by molar-refractivity contribution is 5.45. The lowest BCUT2D eigenvalue weighted by atomic mass is 10.1. The Kier molecular flexibility index (Phi) is 3.12. The Morgan fingerprint density at radius 1 is 1.39 bits per heavy atom. The van der Waals surface area contributed by atoms with E-state index < -0.39 is 22.4 Å². The monoisotopic (exact) mass is 262 g/mol. The number of hydrogen-bond acceptors (Lipinski definition) is 4. The van der Waals surface area contributed by atoms with E-state index in [1.165, 1.54) is 0 Å². The maximum absolute atomic E-state index is 12.7. The van der Waals surface area contributed by atoms with Gasteiger partial charge in [-0.2, -0.15) is 13.2 Å². The smallest absolute Gasteiger partial charge is 0.420 e. The van der Waals surface area contributed by atoms with Crippen LogP contribution >= 0.6 is 0 Å². The molecule has 0 atom stereocenters. The standard InChI is InChI=1S/C10H9F3N2O3/c11-10(12,13)8-3-6(15(16)17)1-2-9(8)18-7-4-14-5-7/h1-3,7,14H,4-5H2. The third-order valence-corrected chi connectivity index (χ3v) is 2.52. The molecule has 1 N–H and O–H groups in total. The van der Waals surface area contributed by atoms with E-state index in [-0.39, 0.29) is 11.9 Å². The number of nitrogens with zero attached hydrogens (tertiary/aromatic N) is 1. The van der Waals surface area contributed by atoms with Crippen molar-refractivity contribution in [2.75, 3.05) is 13.1 Å². The van der Waals surface area contributed by atoms with Gasteiger partial charge in [-0.3, -0.25) is 10.1 Å². The highest BCUT2D eigenvalue weighted by atomic mass is 19.4. The summed E-state index contributed by atoms with van der Waals surface area (Å²) in [5, 5.41) is 13.3. The Hall–Kier alpha value is -1.83. The van der Waals surface area contributed by atoms with Crippen molar-refractivity contribution in [3.05, 3.63) is 33.9 Å². The third-order valence-electron chi connectivity index (χ3n) is 2.52. The van der Waals surface area contributed by atoms with Crippen molar-refractivity contribution in [2.45, 2.75) is 12.3 Å². The summed E-state index contributed by atoms with van der Waals surface area (Å²) in [6.45, 7) is 0.933. The fraction of sp³-hybridized carbons (Fsp3) is 0.400. The Balaban J connectivity index is 2.34. The molecule has 1 aromatic rings. The molecule has 8 heteroatoms. The second kappa shape index (κ2) is 4.45. The van der Waals surface area contributed by atoms with Crippen LogP contribution in [0.1, 0.15) is 5.56 Å². The van der Waals surface area contributed by atoms with Gasteiger partial charge in [-0.1, -0.05) is 0 Å². The molecule has 0 aromatic heterocycles. The lowest BCUT2D eigenvalue weighted by Crippen LogP contribution is -2.50. The number of hydrogen-bond donors (Lipinski definition) is 1. The molecule has 0 aliphatic carbocycles. The van der Waals surface area contributed by atoms with Gasteiger partial charge in [0.05, 0.1) is 4.92 Å². The number of nitro benzene ring substituents is 1. The molecule has 2 rings (SSSR count). The van der Waals surface area contributed by atoms with E-state index >= 15 is 0 Å². The quantitative estimate of drug-likeness (QED) is 0.668. The van der Waals surface area contributed by atoms with Crippen LogP contribution in [0.25, 0.3) is 0 Å². The second-order valence-corrected chi connectivity index (χ2v) is 3.83. The van der Waals surface area contributed by atoms with Crippen molar-refractivity contribution < 1.29 is 22.8 Å². The number of nitro groups is 1. The largest absolute Gasteiger partial charge is 0.487 e. The molecule has 1 aliphatic rings. The van der Waals surface area contributed by atoms with Gasteiger partial charge in [0.1, 0.15) is 17.4 Å². The van der Waals surface area contributed by atoms with Crippen molar-refractivity contribution in [3.8, 4) is 5.75 Å². The number of rotatable bonds is 3. The zero-order chi connectivity index (χ0) is 13.3. The van der Waals surface area contributed by atoms with Crippen molar-refractivity contribution in [1.82, 2.24) is 5.32 Å². The summed E-state index contributed by atoms with van der Waals surface area (Å²) in [5.74, 6) is -0.375. The van der Waals surface area contributed by atoms with Crippen LogP contribution < -0.4 is 10.1 Å². The Morgan fingerprint density at radius 3 is 2.50 bits per heavy atom. The lowest BCUT2D eigenvalue weighted by molar-refractivity contribution is -0.385. The average Bonchev–Trinajstić information content (AvgIpc) is 2.22. The Morgan fingerprint density at radius 2 is 2.06 bits per heavy atom. The summed E-state index contributed by atoms with van der Waals surface area (Å²) >= 11 is 0. The molecule has 1 aliphatic heterocycles. The molecule has 1 aromatic carbocycles. The SMILES string of the molecule is O=[N+]([O-])c1ccc(OC2CNC2)c(C(F)(F)F)c1. The summed E-state index contributed by atoms with van der Waals surface area (Å²) in [7, 11) is 0. The summed E-state index contributed by atoms with van der Waals surface area (Å²) in [4.78, 5) is 9.60. The first kappa shape index (κ1) is 12.6. The van der Waals surface area contributed by atoms with Gasteiger partial charge in [-0.25, -0.2) is 0 Å². The van der Waals surface area contributed by atoms with E-state index in [4.69, 9.17) is 4.74 Å². The number of alkyl halides is 3. The zero-order valence-corrected chi connectivity index (χ0v) is 9.03. The van der Waals surface area contributed by atoms with Crippen LogP contribution in [0.5, 0.6) is 5.75 Å². The Labute approximate surface area is 99.7 Å². The van der Waals surface area contributed by atoms with E-state index in [1.807, 2.05) is 0 Å². The van der Waals surface area contributed by atoms with Crippen LogP contribution in [-0.2, 0) is 6.18 Å². The number of halogens is 3. The maximum Gasteiger partial charge on any atom is 0.420 e. The number of non-ortho nitro benzene ring substituents is 1. The van der Waals surface area contributed by atoms with E-state index in [0.717, 1.165) is 12.1 Å². The van der Waals surface area contributed by atoms with Crippen molar-refractivity contribution >= 4 is 5.69 Å². The minimum Gasteiger partial charge on any atom is -0.487 e. The van der Waals surface area contributed by atoms with Gasteiger partial charge in [0.15, 0.2) is 0 Å². The second-order valence-electron chi connectivity index (χ2n) is 3.83. The molecule has 5 nitrogen and oxygen atoms in total. The lowest BCUT2D eigenvalue weighted by Gasteiger charge is -2.28. The van der Waals surface area contributed by atoms with Gasteiger partial charge in [0.2, 0.25) is 0 Å². The predicted molar refractivity (Wildman–Crippen MR) is 55.4 cm³/mol. The van der Waals surface area contributed by atoms with Crippen LogP contribution in [0.2, 0.25) is 0 Å². The number of ether oxygens (including phenoxy) is 1. The molecule has 18 heavy (non-hydrogen) atoms. The number of benzene rings is 1. The highest BCUT2D eigenvalue weighted by Crippen LogP contribution is 2.38. The van der Waals surface area contributed by atoms with Gasteiger partial charge in [0.25, 0.3) is 5.69 Å². The van der Waals surface area contributed by atoms with Gasteiger partial charge >= 0.3 is 6.18 Å². The maximum atomic E-state index is 12.7. The van der Waals surface area contributed by atoms with Crippen molar-refractivity contribution in [3.63, 3.8) is 0 Å². The molecule has 1 fully saturated rings. The first-order valence-electron chi connectivity index (χ1n) is 5.11. The molecule has 1 heterocycles. The molecule has 0 bridgehead atoms. The topological polar surface area (TPSA) is 64.4 Å². The summed E-state index contributed by atoms with van der Waals surface area (Å²) in [6.07, 6.45) is -5.01. The number of nitrogens with one attached hydrogen (secondary N) is 1. The predicted octanol–water partition coefficient (Wildman–Crippen LogP) is 1.96. The van der Waals surface area contributed by atoms with Gasteiger partial charge < -0.3 is 10.1 Å². The van der Waals surface area contributed by atoms with Crippen LogP contribution in [0, 0.1) is 10.1 Å². The molecule has 0 spiro atoms. The highest BCUT2D eigenvalue weighted by Gasteiger charge is 2.37. The van der Waals surface area contributed by atoms with Crippen molar-refractivity contribution in [1.29, 1.82) is 0 Å². The molecule has 0 amide bonds. The molecule has 0 unspecified atom stereocenters. The molecule has 1 saturated heterocycles. The third kappa shape index (κ3) is 2.53. The minimum atomic E-state index is -4.68.